The van der Waals surface area contributed by atoms with Gasteiger partial charge in [-0.15, -0.1) is 0 Å². The van der Waals surface area contributed by atoms with Crippen molar-refractivity contribution in [2.45, 2.75) is 43.8 Å². The van der Waals surface area contributed by atoms with Gasteiger partial charge in [0.15, 0.2) is 0 Å². The lowest BCUT2D eigenvalue weighted by molar-refractivity contribution is 0.0849. The van der Waals surface area contributed by atoms with E-state index in [1.807, 2.05) is 0 Å². The standard InChI is InChI=1S/C14H22N2S2/c15-10-14(5-1-6-18-11-14)16(13-2-3-13)8-12-4-7-17-9-12/h4,7,9,13H,1-3,5-6,8,10-11,15H2. The first kappa shape index (κ1) is 13.0. The smallest absolute Gasteiger partial charge is 0.0428 e. The summed E-state index contributed by atoms with van der Waals surface area (Å²) in [5.74, 6) is 2.54. The van der Waals surface area contributed by atoms with Crippen LogP contribution in [0.25, 0.3) is 0 Å². The largest absolute Gasteiger partial charge is 0.329 e. The summed E-state index contributed by atoms with van der Waals surface area (Å²) >= 11 is 3.90. The quantitative estimate of drug-likeness (QED) is 0.900. The Morgan fingerprint density at radius 3 is 2.89 bits per heavy atom. The average Bonchev–Trinajstić information content (AvgIpc) is 3.13. The number of hydrogen-bond acceptors (Lipinski definition) is 4. The molecule has 2 fully saturated rings. The van der Waals surface area contributed by atoms with Gasteiger partial charge in [0.25, 0.3) is 0 Å². The van der Waals surface area contributed by atoms with Crippen LogP contribution in [0.1, 0.15) is 31.2 Å². The predicted molar refractivity (Wildman–Crippen MR) is 81.2 cm³/mol. The molecule has 0 bridgehead atoms. The van der Waals surface area contributed by atoms with Crippen LogP contribution in [-0.2, 0) is 6.54 Å². The van der Waals surface area contributed by atoms with Gasteiger partial charge in [-0.25, -0.2) is 0 Å². The minimum atomic E-state index is 0.270. The van der Waals surface area contributed by atoms with Crippen LogP contribution in [0.5, 0.6) is 0 Å². The van der Waals surface area contributed by atoms with Crippen LogP contribution in [0.2, 0.25) is 0 Å². The van der Waals surface area contributed by atoms with Crippen LogP contribution in [0.15, 0.2) is 16.8 Å². The Bertz CT molecular complexity index is 367. The highest BCUT2D eigenvalue weighted by molar-refractivity contribution is 7.99. The molecule has 1 saturated carbocycles. The Kier molecular flexibility index (Phi) is 3.99. The third-order valence-corrected chi connectivity index (χ3v) is 6.26. The van der Waals surface area contributed by atoms with Crippen molar-refractivity contribution in [2.24, 2.45) is 5.73 Å². The summed E-state index contributed by atoms with van der Waals surface area (Å²) in [7, 11) is 0. The summed E-state index contributed by atoms with van der Waals surface area (Å²) < 4.78 is 0. The van der Waals surface area contributed by atoms with E-state index >= 15 is 0 Å². The van der Waals surface area contributed by atoms with E-state index in [-0.39, 0.29) is 5.54 Å². The van der Waals surface area contributed by atoms with Gasteiger partial charge in [0, 0.05) is 30.4 Å². The molecule has 0 radical (unpaired) electrons. The molecule has 1 atom stereocenters. The van der Waals surface area contributed by atoms with Crippen molar-refractivity contribution in [3.8, 4) is 0 Å². The molecule has 0 aromatic carbocycles. The molecule has 1 aliphatic carbocycles. The minimum absolute atomic E-state index is 0.270. The SMILES string of the molecule is NCC1(N(Cc2ccsc2)C2CC2)CCCSC1. The van der Waals surface area contributed by atoms with Crippen molar-refractivity contribution in [3.63, 3.8) is 0 Å². The van der Waals surface area contributed by atoms with Crippen molar-refractivity contribution < 1.29 is 0 Å². The van der Waals surface area contributed by atoms with E-state index in [9.17, 15) is 0 Å². The second kappa shape index (κ2) is 5.53. The van der Waals surface area contributed by atoms with E-state index in [1.165, 1.54) is 42.8 Å². The van der Waals surface area contributed by atoms with Gasteiger partial charge in [-0.1, -0.05) is 0 Å². The van der Waals surface area contributed by atoms with Crippen LogP contribution in [0, 0.1) is 0 Å². The lowest BCUT2D eigenvalue weighted by Crippen LogP contribution is -2.57. The third kappa shape index (κ3) is 2.62. The number of nitrogens with two attached hydrogens (primary N) is 1. The number of thiophene rings is 1. The Hall–Kier alpha value is -0.0300. The fourth-order valence-corrected chi connectivity index (χ4v) is 4.95. The van der Waals surface area contributed by atoms with Gasteiger partial charge in [0.1, 0.15) is 0 Å². The molecule has 1 aromatic rings. The van der Waals surface area contributed by atoms with Crippen LogP contribution >= 0.6 is 23.1 Å². The fraction of sp³-hybridized carbons (Fsp3) is 0.714. The average molecular weight is 282 g/mol. The number of hydrogen-bond donors (Lipinski definition) is 1. The summed E-state index contributed by atoms with van der Waals surface area (Å²) in [6.07, 6.45) is 5.36. The van der Waals surface area contributed by atoms with Gasteiger partial charge in [0.05, 0.1) is 0 Å². The topological polar surface area (TPSA) is 29.3 Å². The highest BCUT2D eigenvalue weighted by Gasteiger charge is 2.44. The van der Waals surface area contributed by atoms with E-state index in [2.05, 4.69) is 33.5 Å². The monoisotopic (exact) mass is 282 g/mol. The summed E-state index contributed by atoms with van der Waals surface area (Å²) in [6, 6.07) is 3.06. The van der Waals surface area contributed by atoms with E-state index in [1.54, 1.807) is 11.3 Å². The highest BCUT2D eigenvalue weighted by atomic mass is 32.2. The molecule has 4 heteroatoms. The maximum atomic E-state index is 6.18. The predicted octanol–water partition coefficient (Wildman–Crippen LogP) is 2.94. The molecule has 1 saturated heterocycles. The van der Waals surface area contributed by atoms with Crippen molar-refractivity contribution in [3.05, 3.63) is 22.4 Å². The fourth-order valence-electron chi connectivity index (χ4n) is 2.99. The molecule has 1 aliphatic heterocycles. The molecule has 2 aliphatic rings. The Balaban J connectivity index is 1.78. The summed E-state index contributed by atoms with van der Waals surface area (Å²) in [6.45, 7) is 1.92. The molecule has 18 heavy (non-hydrogen) atoms. The first-order valence-electron chi connectivity index (χ1n) is 6.90. The second-order valence-electron chi connectivity index (χ2n) is 5.58. The molecule has 0 spiro atoms. The molecule has 2 nitrogen and oxygen atoms in total. The molecule has 2 N–H and O–H groups in total. The number of rotatable bonds is 5. The lowest BCUT2D eigenvalue weighted by atomic mass is 9.92. The zero-order valence-electron chi connectivity index (χ0n) is 10.8. The first-order valence-corrected chi connectivity index (χ1v) is 8.99. The third-order valence-electron chi connectivity index (χ3n) is 4.21. The number of thioether (sulfide) groups is 1. The van der Waals surface area contributed by atoms with E-state index in [0.29, 0.717) is 0 Å². The van der Waals surface area contributed by atoms with Crippen molar-refractivity contribution in [1.82, 2.24) is 4.90 Å². The normalized spacial score (nSPS) is 28.8. The van der Waals surface area contributed by atoms with Gasteiger partial charge < -0.3 is 5.73 Å². The molecular weight excluding hydrogens is 260 g/mol. The molecule has 0 amide bonds. The Labute approximate surface area is 118 Å². The summed E-state index contributed by atoms with van der Waals surface area (Å²) in [4.78, 5) is 2.74. The van der Waals surface area contributed by atoms with Gasteiger partial charge in [-0.2, -0.15) is 23.1 Å². The van der Waals surface area contributed by atoms with Crippen molar-refractivity contribution in [2.75, 3.05) is 18.1 Å². The van der Waals surface area contributed by atoms with Crippen LogP contribution in [0.4, 0.5) is 0 Å². The molecule has 3 rings (SSSR count). The van der Waals surface area contributed by atoms with Crippen LogP contribution in [0.3, 0.4) is 0 Å². The molecule has 2 heterocycles. The second-order valence-corrected chi connectivity index (χ2v) is 7.46. The molecule has 1 aromatic heterocycles. The molecule has 100 valence electrons. The van der Waals surface area contributed by atoms with Crippen molar-refractivity contribution in [1.29, 1.82) is 0 Å². The highest BCUT2D eigenvalue weighted by Crippen LogP contribution is 2.40. The Morgan fingerprint density at radius 1 is 1.44 bits per heavy atom. The van der Waals surface area contributed by atoms with Crippen molar-refractivity contribution >= 4 is 23.1 Å². The van der Waals surface area contributed by atoms with Gasteiger partial charge in [0.2, 0.25) is 0 Å². The minimum Gasteiger partial charge on any atom is -0.329 e. The maximum Gasteiger partial charge on any atom is 0.0428 e. The van der Waals surface area contributed by atoms with Gasteiger partial charge >= 0.3 is 0 Å². The summed E-state index contributed by atoms with van der Waals surface area (Å²) in [5, 5.41) is 4.47. The zero-order valence-corrected chi connectivity index (χ0v) is 12.4. The maximum absolute atomic E-state index is 6.18. The molecule has 1 unspecified atom stereocenters. The van der Waals surface area contributed by atoms with Crippen LogP contribution in [-0.4, -0.2) is 34.5 Å². The van der Waals surface area contributed by atoms with Crippen LogP contribution < -0.4 is 5.73 Å². The van der Waals surface area contributed by atoms with E-state index in [0.717, 1.165) is 19.1 Å². The molecular formula is C14H22N2S2. The number of nitrogens with zero attached hydrogens (tertiary/aromatic N) is 1. The van der Waals surface area contributed by atoms with Gasteiger partial charge in [-0.05, 0) is 53.8 Å². The Morgan fingerprint density at radius 2 is 2.33 bits per heavy atom. The van der Waals surface area contributed by atoms with E-state index in [4.69, 9.17) is 5.73 Å². The first-order chi connectivity index (χ1) is 8.84. The zero-order chi connectivity index (χ0) is 12.4. The van der Waals surface area contributed by atoms with E-state index < -0.39 is 0 Å². The lowest BCUT2D eigenvalue weighted by Gasteiger charge is -2.46. The van der Waals surface area contributed by atoms with Gasteiger partial charge in [-0.3, -0.25) is 4.90 Å². The summed E-state index contributed by atoms with van der Waals surface area (Å²) in [5.41, 5.74) is 7.92.